The number of benzene rings is 1. The molecule has 0 aliphatic carbocycles. The van der Waals surface area contributed by atoms with Crippen LogP contribution in [-0.2, 0) is 19.3 Å². The molecule has 0 saturated heterocycles. The summed E-state index contributed by atoms with van der Waals surface area (Å²) in [6.45, 7) is 2.04. The number of hydrogen-bond donors (Lipinski definition) is 0. The summed E-state index contributed by atoms with van der Waals surface area (Å²) in [5, 5.41) is 4.44. The van der Waals surface area contributed by atoms with Crippen LogP contribution in [0.25, 0.3) is 16.7 Å². The molecule has 0 fully saturated rings. The molecule has 0 aliphatic rings. The zero-order valence-corrected chi connectivity index (χ0v) is 14.5. The summed E-state index contributed by atoms with van der Waals surface area (Å²) in [5.41, 5.74) is 3.29. The first kappa shape index (κ1) is 14.8. The molecule has 110 valence electrons. The fourth-order valence-corrected chi connectivity index (χ4v) is 3.07. The van der Waals surface area contributed by atoms with Crippen LogP contribution in [0, 0.1) is 9.39 Å². The summed E-state index contributed by atoms with van der Waals surface area (Å²) in [6.07, 6.45) is 2.69. The highest BCUT2D eigenvalue weighted by molar-refractivity contribution is 14.1. The van der Waals surface area contributed by atoms with Gasteiger partial charge in [-0.25, -0.2) is 9.37 Å². The molecule has 0 aliphatic heterocycles. The van der Waals surface area contributed by atoms with Gasteiger partial charge in [0.05, 0.1) is 31.9 Å². The second-order valence-corrected chi connectivity index (χ2v) is 6.17. The van der Waals surface area contributed by atoms with Gasteiger partial charge >= 0.3 is 0 Å². The largest absolute Gasteiger partial charge is 0.292 e. The van der Waals surface area contributed by atoms with Crippen LogP contribution < -0.4 is 0 Å². The van der Waals surface area contributed by atoms with Gasteiger partial charge in [-0.2, -0.15) is 5.10 Å². The molecule has 1 aromatic carbocycles. The molecule has 7 heteroatoms. The van der Waals surface area contributed by atoms with E-state index in [1.807, 2.05) is 47.3 Å². The maximum absolute atomic E-state index is 13.9. The Bertz CT molecular complexity index is 824. The van der Waals surface area contributed by atoms with Gasteiger partial charge in [0, 0.05) is 19.3 Å². The Morgan fingerprint density at radius 1 is 1.38 bits per heavy atom. The Morgan fingerprint density at radius 2 is 2.14 bits per heavy atom. The lowest BCUT2D eigenvalue weighted by Gasteiger charge is -2.07. The highest BCUT2D eigenvalue weighted by Gasteiger charge is 2.18. The standard InChI is InChI=1S/C14H13ClFIN4/c1-3-10-13(7-20(2)19-10)21-12-4-8(16)9(17)5-11(12)18-14(21)6-15/h4-5,7H,3,6H2,1-2H3. The van der Waals surface area contributed by atoms with Crippen LogP contribution in [0.3, 0.4) is 0 Å². The number of aryl methyl sites for hydroxylation is 2. The van der Waals surface area contributed by atoms with Gasteiger partial charge < -0.3 is 0 Å². The van der Waals surface area contributed by atoms with Crippen LogP contribution in [0.4, 0.5) is 4.39 Å². The molecule has 2 heterocycles. The van der Waals surface area contributed by atoms with Gasteiger partial charge in [-0.05, 0) is 35.1 Å². The first-order valence-electron chi connectivity index (χ1n) is 6.50. The van der Waals surface area contributed by atoms with E-state index in [1.54, 1.807) is 10.7 Å². The van der Waals surface area contributed by atoms with Crippen molar-refractivity contribution in [3.63, 3.8) is 0 Å². The van der Waals surface area contributed by atoms with Crippen molar-refractivity contribution in [2.75, 3.05) is 0 Å². The van der Waals surface area contributed by atoms with E-state index in [9.17, 15) is 4.39 Å². The van der Waals surface area contributed by atoms with Crippen molar-refractivity contribution in [1.29, 1.82) is 0 Å². The number of rotatable bonds is 3. The van der Waals surface area contributed by atoms with Crippen LogP contribution in [0.15, 0.2) is 18.3 Å². The highest BCUT2D eigenvalue weighted by atomic mass is 127. The number of aromatic nitrogens is 4. The van der Waals surface area contributed by atoms with E-state index in [-0.39, 0.29) is 11.7 Å². The maximum Gasteiger partial charge on any atom is 0.138 e. The van der Waals surface area contributed by atoms with E-state index in [1.165, 1.54) is 6.07 Å². The van der Waals surface area contributed by atoms with Gasteiger partial charge in [0.2, 0.25) is 0 Å². The van der Waals surface area contributed by atoms with Gasteiger partial charge in [0.25, 0.3) is 0 Å². The van der Waals surface area contributed by atoms with Gasteiger partial charge in [-0.15, -0.1) is 11.6 Å². The Balaban J connectivity index is 2.36. The molecule has 0 bridgehead atoms. The molecule has 4 nitrogen and oxygen atoms in total. The highest BCUT2D eigenvalue weighted by Crippen LogP contribution is 2.27. The predicted octanol–water partition coefficient (Wildman–Crippen LogP) is 3.80. The monoisotopic (exact) mass is 418 g/mol. The third kappa shape index (κ3) is 2.44. The zero-order chi connectivity index (χ0) is 15.1. The minimum Gasteiger partial charge on any atom is -0.292 e. The van der Waals surface area contributed by atoms with Crippen molar-refractivity contribution in [2.45, 2.75) is 19.2 Å². The Kier molecular flexibility index (Phi) is 3.92. The summed E-state index contributed by atoms with van der Waals surface area (Å²) in [5.74, 6) is 0.688. The Labute approximate surface area is 140 Å². The molecule has 0 amide bonds. The third-order valence-electron chi connectivity index (χ3n) is 3.34. The first-order chi connectivity index (χ1) is 10.0. The lowest BCUT2D eigenvalue weighted by Crippen LogP contribution is -2.01. The van der Waals surface area contributed by atoms with E-state index >= 15 is 0 Å². The molecule has 0 unspecified atom stereocenters. The van der Waals surface area contributed by atoms with Gasteiger partial charge in [-0.3, -0.25) is 9.25 Å². The number of imidazole rings is 1. The fraction of sp³-hybridized carbons (Fsp3) is 0.286. The topological polar surface area (TPSA) is 35.6 Å². The van der Waals surface area contributed by atoms with E-state index in [4.69, 9.17) is 11.6 Å². The number of nitrogens with zero attached hydrogens (tertiary/aromatic N) is 4. The van der Waals surface area contributed by atoms with Crippen LogP contribution in [-0.4, -0.2) is 19.3 Å². The maximum atomic E-state index is 13.9. The molecule has 0 N–H and O–H groups in total. The summed E-state index contributed by atoms with van der Waals surface area (Å²) in [7, 11) is 1.87. The van der Waals surface area contributed by atoms with Crippen molar-refractivity contribution >= 4 is 45.2 Å². The van der Waals surface area contributed by atoms with Crippen molar-refractivity contribution in [3.05, 3.63) is 39.2 Å². The second-order valence-electron chi connectivity index (χ2n) is 4.74. The third-order valence-corrected chi connectivity index (χ3v) is 4.41. The normalized spacial score (nSPS) is 11.5. The summed E-state index contributed by atoms with van der Waals surface area (Å²) in [6, 6.07) is 3.24. The van der Waals surface area contributed by atoms with E-state index in [0.717, 1.165) is 23.3 Å². The molecular formula is C14H13ClFIN4. The smallest absolute Gasteiger partial charge is 0.138 e. The average molecular weight is 419 g/mol. The first-order valence-corrected chi connectivity index (χ1v) is 8.11. The van der Waals surface area contributed by atoms with Crippen molar-refractivity contribution in [1.82, 2.24) is 19.3 Å². The number of alkyl halides is 1. The van der Waals surface area contributed by atoms with Crippen LogP contribution in [0.5, 0.6) is 0 Å². The summed E-state index contributed by atoms with van der Waals surface area (Å²) < 4.78 is 18.1. The lowest BCUT2D eigenvalue weighted by atomic mass is 10.2. The molecule has 2 aromatic heterocycles. The Hall–Kier alpha value is -1.15. The molecular weight excluding hydrogens is 406 g/mol. The molecule has 21 heavy (non-hydrogen) atoms. The van der Waals surface area contributed by atoms with Crippen molar-refractivity contribution < 1.29 is 4.39 Å². The molecule has 0 saturated carbocycles. The van der Waals surface area contributed by atoms with Crippen LogP contribution >= 0.6 is 34.2 Å². The number of fused-ring (bicyclic) bond motifs is 1. The quantitative estimate of drug-likeness (QED) is 0.479. The van der Waals surface area contributed by atoms with Crippen LogP contribution in [0.2, 0.25) is 0 Å². The zero-order valence-electron chi connectivity index (χ0n) is 11.6. The minimum atomic E-state index is -0.257. The molecule has 0 atom stereocenters. The van der Waals surface area contributed by atoms with Crippen molar-refractivity contribution in [2.24, 2.45) is 7.05 Å². The number of halogens is 3. The molecule has 3 rings (SSSR count). The van der Waals surface area contributed by atoms with E-state index in [2.05, 4.69) is 10.1 Å². The van der Waals surface area contributed by atoms with E-state index < -0.39 is 0 Å². The Morgan fingerprint density at radius 3 is 2.81 bits per heavy atom. The molecule has 0 spiro atoms. The summed E-state index contributed by atoms with van der Waals surface area (Å²) >= 11 is 7.99. The predicted molar refractivity (Wildman–Crippen MR) is 89.4 cm³/mol. The molecule has 0 radical (unpaired) electrons. The lowest BCUT2D eigenvalue weighted by molar-refractivity contribution is 0.621. The fourth-order valence-electron chi connectivity index (χ4n) is 2.44. The van der Waals surface area contributed by atoms with Gasteiger partial charge in [0.1, 0.15) is 11.6 Å². The van der Waals surface area contributed by atoms with Crippen LogP contribution in [0.1, 0.15) is 18.4 Å². The van der Waals surface area contributed by atoms with Gasteiger partial charge in [-0.1, -0.05) is 6.92 Å². The average Bonchev–Trinajstić information content (AvgIpc) is 2.99. The SMILES string of the molecule is CCc1nn(C)cc1-n1c(CCl)nc2cc(I)c(F)cc21. The number of hydrogen-bond acceptors (Lipinski definition) is 2. The second kappa shape index (κ2) is 5.57. The molecule has 3 aromatic rings. The summed E-state index contributed by atoms with van der Waals surface area (Å²) in [4.78, 5) is 4.52. The minimum absolute atomic E-state index is 0.255. The van der Waals surface area contributed by atoms with Gasteiger partial charge in [0.15, 0.2) is 0 Å². The van der Waals surface area contributed by atoms with E-state index in [0.29, 0.717) is 14.9 Å². The van der Waals surface area contributed by atoms with Crippen molar-refractivity contribution in [3.8, 4) is 5.69 Å².